The van der Waals surface area contributed by atoms with Crippen LogP contribution in [0.2, 0.25) is 0 Å². The Hall–Kier alpha value is -4.37. The van der Waals surface area contributed by atoms with E-state index >= 15 is 0 Å². The van der Waals surface area contributed by atoms with Crippen molar-refractivity contribution in [2.24, 2.45) is 18.1 Å². The number of benzene rings is 1. The smallest absolute Gasteiger partial charge is 0.270 e. The molecular weight excluding hydrogens is 492 g/mol. The zero-order valence-electron chi connectivity index (χ0n) is 23.4. The van der Waals surface area contributed by atoms with Crippen molar-refractivity contribution in [1.82, 2.24) is 9.55 Å². The molecule has 0 amide bonds. The zero-order chi connectivity index (χ0) is 28.3. The Balaban J connectivity index is 1.66. The number of nitriles is 2. The molecule has 0 atom stereocenters. The predicted molar refractivity (Wildman–Crippen MR) is 151 cm³/mol. The van der Waals surface area contributed by atoms with E-state index in [2.05, 4.69) is 22.3 Å². The SMILES string of the molecule is COc1cccc(/C(=N\OC(C)(C)C)C2CCC(N(C)c3c(C#N)c(=O)n(C)c4ccc(C#N)nc34)CC2)c1. The number of rotatable bonds is 6. The minimum absolute atomic E-state index is 0.0365. The first-order valence-corrected chi connectivity index (χ1v) is 13.0. The van der Waals surface area contributed by atoms with E-state index in [1.165, 1.54) is 4.57 Å². The van der Waals surface area contributed by atoms with Gasteiger partial charge in [0.1, 0.15) is 40.3 Å². The number of hydrogen-bond donors (Lipinski definition) is 0. The highest BCUT2D eigenvalue weighted by Crippen LogP contribution is 2.35. The highest BCUT2D eigenvalue weighted by Gasteiger charge is 2.31. The van der Waals surface area contributed by atoms with Gasteiger partial charge in [0, 0.05) is 31.6 Å². The van der Waals surface area contributed by atoms with Crippen LogP contribution in [0.3, 0.4) is 0 Å². The van der Waals surface area contributed by atoms with Gasteiger partial charge in [0.15, 0.2) is 0 Å². The third-order valence-electron chi connectivity index (χ3n) is 7.21. The van der Waals surface area contributed by atoms with Crippen molar-refractivity contribution in [3.63, 3.8) is 0 Å². The number of ether oxygens (including phenoxy) is 1. The number of hydrogen-bond acceptors (Lipinski definition) is 8. The lowest BCUT2D eigenvalue weighted by Gasteiger charge is -2.37. The Morgan fingerprint density at radius 3 is 2.46 bits per heavy atom. The number of aryl methyl sites for hydroxylation is 1. The van der Waals surface area contributed by atoms with Crippen LogP contribution in [0.15, 0.2) is 46.3 Å². The molecule has 1 aliphatic rings. The molecule has 0 N–H and O–H groups in total. The summed E-state index contributed by atoms with van der Waals surface area (Å²) in [5.74, 6) is 0.929. The van der Waals surface area contributed by atoms with Crippen molar-refractivity contribution in [1.29, 1.82) is 10.5 Å². The van der Waals surface area contributed by atoms with Crippen LogP contribution in [0, 0.1) is 28.6 Å². The average molecular weight is 527 g/mol. The van der Waals surface area contributed by atoms with Gasteiger partial charge in [-0.15, -0.1) is 0 Å². The second-order valence-electron chi connectivity index (χ2n) is 10.9. The van der Waals surface area contributed by atoms with Crippen molar-refractivity contribution in [3.05, 3.63) is 63.6 Å². The summed E-state index contributed by atoms with van der Waals surface area (Å²) in [4.78, 5) is 25.4. The molecule has 4 rings (SSSR count). The van der Waals surface area contributed by atoms with Crippen LogP contribution >= 0.6 is 0 Å². The maximum atomic E-state index is 13.1. The van der Waals surface area contributed by atoms with Crippen molar-refractivity contribution < 1.29 is 9.57 Å². The molecule has 0 spiro atoms. The van der Waals surface area contributed by atoms with Crippen LogP contribution in [0.4, 0.5) is 5.69 Å². The summed E-state index contributed by atoms with van der Waals surface area (Å²) < 4.78 is 6.86. The van der Waals surface area contributed by atoms with Crippen LogP contribution < -0.4 is 15.2 Å². The Bertz CT molecular complexity index is 1550. The Kier molecular flexibility index (Phi) is 7.92. The highest BCUT2D eigenvalue weighted by molar-refractivity contribution is 6.02. The Labute approximate surface area is 228 Å². The lowest BCUT2D eigenvalue weighted by atomic mass is 9.80. The van der Waals surface area contributed by atoms with Crippen LogP contribution in [0.1, 0.15) is 63.3 Å². The van der Waals surface area contributed by atoms with Crippen molar-refractivity contribution in [2.45, 2.75) is 58.1 Å². The normalized spacial score (nSPS) is 17.8. The molecule has 0 unspecified atom stereocenters. The van der Waals surface area contributed by atoms with Crippen molar-refractivity contribution in [3.8, 4) is 17.9 Å². The first-order valence-electron chi connectivity index (χ1n) is 13.0. The summed E-state index contributed by atoms with van der Waals surface area (Å²) >= 11 is 0. The van der Waals surface area contributed by atoms with Gasteiger partial charge in [0.05, 0.1) is 24.0 Å². The molecular formula is C30H34N6O3. The third-order valence-corrected chi connectivity index (χ3v) is 7.21. The molecule has 1 fully saturated rings. The van der Waals surface area contributed by atoms with Gasteiger partial charge in [-0.3, -0.25) is 4.79 Å². The Morgan fingerprint density at radius 1 is 1.13 bits per heavy atom. The molecule has 0 saturated heterocycles. The van der Waals surface area contributed by atoms with E-state index < -0.39 is 5.60 Å². The van der Waals surface area contributed by atoms with E-state index in [4.69, 9.17) is 9.57 Å². The molecule has 2 aromatic heterocycles. The van der Waals surface area contributed by atoms with Crippen LogP contribution in [-0.2, 0) is 11.9 Å². The molecule has 1 aromatic carbocycles. The standard InChI is InChI=1S/C30H34N6O3/c1-30(2,3)39-34-26(20-8-7-9-23(16-20)38-6)19-10-13-22(14-11-19)35(4)28-24(18-32)29(37)36(5)25-15-12-21(17-31)33-27(25)28/h7-9,12,15-16,19,22H,10-11,13-14H2,1-6H3/b34-26-. The van der Waals surface area contributed by atoms with Gasteiger partial charge < -0.3 is 19.0 Å². The summed E-state index contributed by atoms with van der Waals surface area (Å²) in [6, 6.07) is 15.4. The number of anilines is 1. The largest absolute Gasteiger partial charge is 0.497 e. The van der Waals surface area contributed by atoms with Crippen LogP contribution in [0.5, 0.6) is 5.75 Å². The third kappa shape index (κ3) is 5.73. The van der Waals surface area contributed by atoms with E-state index in [0.717, 1.165) is 42.7 Å². The quantitative estimate of drug-likeness (QED) is 0.331. The van der Waals surface area contributed by atoms with Gasteiger partial charge in [-0.05, 0) is 70.7 Å². The van der Waals surface area contributed by atoms with E-state index in [1.807, 2.05) is 57.0 Å². The number of methoxy groups -OCH3 is 1. The van der Waals surface area contributed by atoms with Gasteiger partial charge in [0.2, 0.25) is 0 Å². The molecule has 1 saturated carbocycles. The molecule has 39 heavy (non-hydrogen) atoms. The fraction of sp³-hybridized carbons (Fsp3) is 0.433. The van der Waals surface area contributed by atoms with Gasteiger partial charge in [-0.25, -0.2) is 4.98 Å². The first-order chi connectivity index (χ1) is 18.6. The molecule has 0 bridgehead atoms. The highest BCUT2D eigenvalue weighted by atomic mass is 16.6. The number of nitrogens with zero attached hydrogens (tertiary/aromatic N) is 6. The van der Waals surface area contributed by atoms with Crippen molar-refractivity contribution in [2.75, 3.05) is 19.1 Å². The minimum atomic E-state index is -0.426. The summed E-state index contributed by atoms with van der Waals surface area (Å²) in [6.45, 7) is 5.91. The molecule has 3 aromatic rings. The summed E-state index contributed by atoms with van der Waals surface area (Å²) in [5.41, 5.74) is 2.87. The number of pyridine rings is 2. The maximum absolute atomic E-state index is 13.1. The predicted octanol–water partition coefficient (Wildman–Crippen LogP) is 4.90. The fourth-order valence-electron chi connectivity index (χ4n) is 5.15. The number of aromatic nitrogens is 2. The monoisotopic (exact) mass is 526 g/mol. The van der Waals surface area contributed by atoms with E-state index in [0.29, 0.717) is 16.7 Å². The minimum Gasteiger partial charge on any atom is -0.497 e. The molecule has 1 aliphatic carbocycles. The average Bonchev–Trinajstić information content (AvgIpc) is 2.94. The summed E-state index contributed by atoms with van der Waals surface area (Å²) in [6.07, 6.45) is 3.33. The molecule has 0 aliphatic heterocycles. The van der Waals surface area contributed by atoms with E-state index in [9.17, 15) is 15.3 Å². The lowest BCUT2D eigenvalue weighted by molar-refractivity contribution is -0.0000294. The first kappa shape index (κ1) is 27.7. The molecule has 9 heteroatoms. The van der Waals surface area contributed by atoms with E-state index in [1.54, 1.807) is 26.3 Å². The summed E-state index contributed by atoms with van der Waals surface area (Å²) in [5, 5.41) is 24.0. The lowest BCUT2D eigenvalue weighted by Crippen LogP contribution is -2.39. The zero-order valence-corrected chi connectivity index (χ0v) is 23.4. The van der Waals surface area contributed by atoms with Gasteiger partial charge in [-0.1, -0.05) is 17.3 Å². The second kappa shape index (κ2) is 11.2. The van der Waals surface area contributed by atoms with Gasteiger partial charge in [0.25, 0.3) is 5.56 Å². The van der Waals surface area contributed by atoms with Crippen LogP contribution in [0.25, 0.3) is 11.0 Å². The topological polar surface area (TPSA) is 117 Å². The van der Waals surface area contributed by atoms with E-state index in [-0.39, 0.29) is 28.8 Å². The van der Waals surface area contributed by atoms with Crippen molar-refractivity contribution >= 4 is 22.4 Å². The maximum Gasteiger partial charge on any atom is 0.270 e. The number of oxime groups is 1. The van der Waals surface area contributed by atoms with Gasteiger partial charge >= 0.3 is 0 Å². The fourth-order valence-corrected chi connectivity index (χ4v) is 5.15. The molecule has 202 valence electrons. The Morgan fingerprint density at radius 2 is 1.85 bits per heavy atom. The van der Waals surface area contributed by atoms with Crippen LogP contribution in [-0.4, -0.2) is 41.1 Å². The number of fused-ring (bicyclic) bond motifs is 1. The van der Waals surface area contributed by atoms with Gasteiger partial charge in [-0.2, -0.15) is 10.5 Å². The molecule has 9 nitrogen and oxygen atoms in total. The molecule has 2 heterocycles. The summed E-state index contributed by atoms with van der Waals surface area (Å²) in [7, 11) is 5.17. The second-order valence-corrected chi connectivity index (χ2v) is 10.9. The molecule has 0 radical (unpaired) electrons.